The maximum absolute atomic E-state index is 12.0. The number of hydrogen-bond acceptors (Lipinski definition) is 4. The van der Waals surface area contributed by atoms with E-state index in [1.54, 1.807) is 25.3 Å². The maximum Gasteiger partial charge on any atom is 0.251 e. The zero-order valence-corrected chi connectivity index (χ0v) is 12.3. The van der Waals surface area contributed by atoms with E-state index in [1.165, 1.54) is 0 Å². The van der Waals surface area contributed by atoms with Gasteiger partial charge in [-0.25, -0.2) is 0 Å². The first-order valence-corrected chi connectivity index (χ1v) is 6.94. The Bertz CT molecular complexity index is 448. The normalized spacial score (nSPS) is 18.9. The Balaban J connectivity index is 1.90. The molecule has 1 fully saturated rings. The molecule has 1 amide bonds. The molecule has 1 aromatic carbocycles. The molecule has 0 saturated carbocycles. The fraction of sp³-hybridized carbons (Fsp3) is 0.462. The van der Waals surface area contributed by atoms with Gasteiger partial charge >= 0.3 is 0 Å². The summed E-state index contributed by atoms with van der Waals surface area (Å²) in [6.07, 6.45) is 0.0411. The first kappa shape index (κ1) is 14.3. The van der Waals surface area contributed by atoms with Gasteiger partial charge in [0.05, 0.1) is 24.3 Å². The maximum atomic E-state index is 12.0. The second kappa shape index (κ2) is 6.88. The van der Waals surface area contributed by atoms with E-state index < -0.39 is 0 Å². The zero-order valence-electron chi connectivity index (χ0n) is 10.7. The van der Waals surface area contributed by atoms with Gasteiger partial charge in [0, 0.05) is 25.2 Å². The summed E-state index contributed by atoms with van der Waals surface area (Å²) in [5.74, 6) is 0.592. The Labute approximate surface area is 120 Å². The lowest BCUT2D eigenvalue weighted by atomic mass is 10.2. The number of halogens is 1. The average Bonchev–Trinajstić information content (AvgIpc) is 2.45. The smallest absolute Gasteiger partial charge is 0.251 e. The molecule has 19 heavy (non-hydrogen) atoms. The van der Waals surface area contributed by atoms with Crippen molar-refractivity contribution < 1.29 is 14.3 Å². The van der Waals surface area contributed by atoms with E-state index in [4.69, 9.17) is 9.47 Å². The number of ether oxygens (including phenoxy) is 2. The minimum absolute atomic E-state index is 0.0411. The predicted molar refractivity (Wildman–Crippen MR) is 75.6 cm³/mol. The molecule has 1 saturated heterocycles. The number of nitrogens with one attached hydrogen (secondary N) is 2. The van der Waals surface area contributed by atoms with Crippen LogP contribution in [0.2, 0.25) is 0 Å². The first-order valence-electron chi connectivity index (χ1n) is 6.15. The van der Waals surface area contributed by atoms with Crippen molar-refractivity contribution >= 4 is 21.8 Å². The highest BCUT2D eigenvalue weighted by molar-refractivity contribution is 9.10. The van der Waals surface area contributed by atoms with Crippen LogP contribution in [0.5, 0.6) is 5.75 Å². The molecular formula is C13H17BrN2O3. The molecule has 0 radical (unpaired) electrons. The number of hydrogen-bond donors (Lipinski definition) is 2. The van der Waals surface area contributed by atoms with Crippen LogP contribution in [0.1, 0.15) is 10.4 Å². The summed E-state index contributed by atoms with van der Waals surface area (Å²) < 4.78 is 11.4. The molecule has 1 unspecified atom stereocenters. The fourth-order valence-electron chi connectivity index (χ4n) is 1.87. The van der Waals surface area contributed by atoms with Crippen molar-refractivity contribution in [2.75, 3.05) is 33.4 Å². The lowest BCUT2D eigenvalue weighted by Crippen LogP contribution is -2.45. The number of rotatable bonds is 4. The molecule has 1 aliphatic heterocycles. The number of carbonyl (C=O) groups is 1. The highest BCUT2D eigenvalue weighted by Gasteiger charge is 2.15. The average molecular weight is 329 g/mol. The molecule has 5 nitrogen and oxygen atoms in total. The van der Waals surface area contributed by atoms with Crippen LogP contribution < -0.4 is 15.4 Å². The molecule has 1 aromatic rings. The third-order valence-corrected chi connectivity index (χ3v) is 3.53. The van der Waals surface area contributed by atoms with Gasteiger partial charge in [-0.15, -0.1) is 0 Å². The summed E-state index contributed by atoms with van der Waals surface area (Å²) in [6, 6.07) is 5.24. The van der Waals surface area contributed by atoms with Crippen LogP contribution in [-0.4, -0.2) is 45.4 Å². The van der Waals surface area contributed by atoms with Crippen LogP contribution >= 0.6 is 15.9 Å². The molecule has 104 valence electrons. The lowest BCUT2D eigenvalue weighted by Gasteiger charge is -2.23. The van der Waals surface area contributed by atoms with Gasteiger partial charge in [-0.3, -0.25) is 4.79 Å². The van der Waals surface area contributed by atoms with Crippen LogP contribution in [-0.2, 0) is 4.74 Å². The van der Waals surface area contributed by atoms with E-state index in [2.05, 4.69) is 26.6 Å². The van der Waals surface area contributed by atoms with E-state index in [1.807, 2.05) is 0 Å². The van der Waals surface area contributed by atoms with Crippen LogP contribution in [0, 0.1) is 0 Å². The van der Waals surface area contributed by atoms with Crippen molar-refractivity contribution in [2.45, 2.75) is 6.10 Å². The highest BCUT2D eigenvalue weighted by Crippen LogP contribution is 2.25. The second-order valence-corrected chi connectivity index (χ2v) is 5.11. The predicted octanol–water partition coefficient (Wildman–Crippen LogP) is 1.18. The Morgan fingerprint density at radius 2 is 2.47 bits per heavy atom. The molecule has 1 heterocycles. The fourth-order valence-corrected chi connectivity index (χ4v) is 2.41. The number of morpholine rings is 1. The van der Waals surface area contributed by atoms with Crippen LogP contribution in [0.15, 0.2) is 22.7 Å². The topological polar surface area (TPSA) is 59.6 Å². The summed E-state index contributed by atoms with van der Waals surface area (Å²) in [5, 5.41) is 6.09. The third kappa shape index (κ3) is 3.92. The van der Waals surface area contributed by atoms with Crippen molar-refractivity contribution in [1.29, 1.82) is 0 Å². The van der Waals surface area contributed by atoms with Crippen molar-refractivity contribution in [3.05, 3.63) is 28.2 Å². The number of methoxy groups -OCH3 is 1. The van der Waals surface area contributed by atoms with Crippen LogP contribution in [0.4, 0.5) is 0 Å². The van der Waals surface area contributed by atoms with E-state index in [0.29, 0.717) is 24.5 Å². The summed E-state index contributed by atoms with van der Waals surface area (Å²) in [5.41, 5.74) is 0.594. The SMILES string of the molecule is COc1ccc(C(=O)NCC2CNCCO2)cc1Br. The van der Waals surface area contributed by atoms with E-state index >= 15 is 0 Å². The van der Waals surface area contributed by atoms with Crippen molar-refractivity contribution in [3.63, 3.8) is 0 Å². The first-order chi connectivity index (χ1) is 9.20. The molecule has 6 heteroatoms. The summed E-state index contributed by atoms with van der Waals surface area (Å²) in [4.78, 5) is 12.0. The summed E-state index contributed by atoms with van der Waals surface area (Å²) in [6.45, 7) is 2.84. The van der Waals surface area contributed by atoms with Gasteiger partial charge in [0.25, 0.3) is 5.91 Å². The standard InChI is InChI=1S/C13H17BrN2O3/c1-18-12-3-2-9(6-11(12)14)13(17)16-8-10-7-15-4-5-19-10/h2-3,6,10,15H,4-5,7-8H2,1H3,(H,16,17). The molecule has 0 bridgehead atoms. The largest absolute Gasteiger partial charge is 0.496 e. The van der Waals surface area contributed by atoms with E-state index in [9.17, 15) is 4.79 Å². The molecular weight excluding hydrogens is 312 g/mol. The van der Waals surface area contributed by atoms with Gasteiger partial charge in [-0.05, 0) is 34.1 Å². The van der Waals surface area contributed by atoms with E-state index in [-0.39, 0.29) is 12.0 Å². The minimum Gasteiger partial charge on any atom is -0.496 e. The van der Waals surface area contributed by atoms with Gasteiger partial charge in [-0.2, -0.15) is 0 Å². The molecule has 0 spiro atoms. The highest BCUT2D eigenvalue weighted by atomic mass is 79.9. The second-order valence-electron chi connectivity index (χ2n) is 4.26. The van der Waals surface area contributed by atoms with Gasteiger partial charge < -0.3 is 20.1 Å². The minimum atomic E-state index is -0.113. The molecule has 0 aliphatic carbocycles. The molecule has 1 atom stereocenters. The third-order valence-electron chi connectivity index (χ3n) is 2.91. The Morgan fingerprint density at radius 3 is 3.11 bits per heavy atom. The number of benzene rings is 1. The Morgan fingerprint density at radius 1 is 1.63 bits per heavy atom. The van der Waals surface area contributed by atoms with Gasteiger partial charge in [-0.1, -0.05) is 0 Å². The summed E-state index contributed by atoms with van der Waals surface area (Å²) in [7, 11) is 1.59. The quantitative estimate of drug-likeness (QED) is 0.871. The molecule has 2 rings (SSSR count). The monoisotopic (exact) mass is 328 g/mol. The van der Waals surface area contributed by atoms with Crippen molar-refractivity contribution in [1.82, 2.24) is 10.6 Å². The van der Waals surface area contributed by atoms with Crippen LogP contribution in [0.3, 0.4) is 0 Å². The van der Waals surface area contributed by atoms with Crippen molar-refractivity contribution in [3.8, 4) is 5.75 Å². The van der Waals surface area contributed by atoms with E-state index in [0.717, 1.165) is 17.6 Å². The Hall–Kier alpha value is -1.11. The lowest BCUT2D eigenvalue weighted by molar-refractivity contribution is 0.0287. The molecule has 2 N–H and O–H groups in total. The van der Waals surface area contributed by atoms with Gasteiger partial charge in [0.2, 0.25) is 0 Å². The van der Waals surface area contributed by atoms with Crippen molar-refractivity contribution in [2.24, 2.45) is 0 Å². The Kier molecular flexibility index (Phi) is 5.18. The number of carbonyl (C=O) groups excluding carboxylic acids is 1. The van der Waals surface area contributed by atoms with Gasteiger partial charge in [0.1, 0.15) is 5.75 Å². The number of amides is 1. The van der Waals surface area contributed by atoms with Gasteiger partial charge in [0.15, 0.2) is 0 Å². The molecule has 1 aliphatic rings. The van der Waals surface area contributed by atoms with Crippen LogP contribution in [0.25, 0.3) is 0 Å². The molecule has 0 aromatic heterocycles. The summed E-state index contributed by atoms with van der Waals surface area (Å²) >= 11 is 3.36. The zero-order chi connectivity index (χ0) is 13.7.